The number of H-pyrrole nitrogens is 1. The van der Waals surface area contributed by atoms with E-state index in [9.17, 15) is 0 Å². The van der Waals surface area contributed by atoms with Crippen LogP contribution in [-0.2, 0) is 0 Å². The van der Waals surface area contributed by atoms with Crippen molar-refractivity contribution in [3.63, 3.8) is 0 Å². The second kappa shape index (κ2) is 6.82. The van der Waals surface area contributed by atoms with Crippen molar-refractivity contribution in [1.29, 1.82) is 0 Å². The van der Waals surface area contributed by atoms with Crippen LogP contribution in [0.1, 0.15) is 26.2 Å². The molecule has 0 aliphatic carbocycles. The van der Waals surface area contributed by atoms with E-state index in [4.69, 9.17) is 10.5 Å². The molecule has 104 valence electrons. The number of benzene rings is 1. The Labute approximate surface area is 118 Å². The highest BCUT2D eigenvalue weighted by atomic mass is 32.2. The van der Waals surface area contributed by atoms with E-state index >= 15 is 0 Å². The number of nitrogens with zero attached hydrogens (tertiary/aromatic N) is 1. The molecule has 0 spiro atoms. The summed E-state index contributed by atoms with van der Waals surface area (Å²) in [7, 11) is 1.67. The monoisotopic (exact) mass is 279 g/mol. The molecule has 0 radical (unpaired) electrons. The summed E-state index contributed by atoms with van der Waals surface area (Å²) < 4.78 is 5.20. The summed E-state index contributed by atoms with van der Waals surface area (Å²) in [5, 5.41) is 0.966. The minimum absolute atomic E-state index is 0.334. The molecule has 4 nitrogen and oxygen atoms in total. The van der Waals surface area contributed by atoms with E-state index in [1.807, 2.05) is 18.2 Å². The summed E-state index contributed by atoms with van der Waals surface area (Å²) in [5.74, 6) is 1.90. The van der Waals surface area contributed by atoms with Crippen LogP contribution >= 0.6 is 11.8 Å². The molecule has 5 heteroatoms. The highest BCUT2D eigenvalue weighted by Crippen LogP contribution is 2.23. The zero-order valence-electron chi connectivity index (χ0n) is 11.5. The third-order valence-electron chi connectivity index (χ3n) is 3.15. The molecule has 2 rings (SSSR count). The lowest BCUT2D eigenvalue weighted by atomic mass is 10.1. The number of aromatic nitrogens is 2. The maximum Gasteiger partial charge on any atom is 0.166 e. The van der Waals surface area contributed by atoms with Crippen LogP contribution in [0.4, 0.5) is 0 Å². The Balaban J connectivity index is 1.90. The number of nitrogens with two attached hydrogens (primary N) is 1. The largest absolute Gasteiger partial charge is 0.497 e. The summed E-state index contributed by atoms with van der Waals surface area (Å²) in [6.45, 7) is 2.13. The van der Waals surface area contributed by atoms with Crippen LogP contribution in [0.15, 0.2) is 23.4 Å². The minimum atomic E-state index is 0.334. The van der Waals surface area contributed by atoms with Gasteiger partial charge in [0.15, 0.2) is 5.16 Å². The van der Waals surface area contributed by atoms with Crippen LogP contribution in [0, 0.1) is 0 Å². The zero-order chi connectivity index (χ0) is 13.7. The Hall–Kier alpha value is -1.20. The smallest absolute Gasteiger partial charge is 0.166 e. The van der Waals surface area contributed by atoms with Gasteiger partial charge in [0.2, 0.25) is 0 Å². The first kappa shape index (κ1) is 14.2. The van der Waals surface area contributed by atoms with Crippen molar-refractivity contribution in [2.24, 2.45) is 5.73 Å². The third-order valence-corrected chi connectivity index (χ3v) is 4.11. The number of imidazole rings is 1. The summed E-state index contributed by atoms with van der Waals surface area (Å²) in [5.41, 5.74) is 7.90. The predicted molar refractivity (Wildman–Crippen MR) is 80.9 cm³/mol. The molecule has 1 unspecified atom stereocenters. The lowest BCUT2D eigenvalue weighted by molar-refractivity contribution is 0.415. The maximum absolute atomic E-state index is 5.90. The van der Waals surface area contributed by atoms with Crippen molar-refractivity contribution in [1.82, 2.24) is 9.97 Å². The Morgan fingerprint density at radius 1 is 1.47 bits per heavy atom. The highest BCUT2D eigenvalue weighted by Gasteiger charge is 2.05. The van der Waals surface area contributed by atoms with Crippen LogP contribution in [0.2, 0.25) is 0 Å². The van der Waals surface area contributed by atoms with Crippen molar-refractivity contribution in [3.05, 3.63) is 18.2 Å². The van der Waals surface area contributed by atoms with Crippen LogP contribution < -0.4 is 10.5 Å². The SMILES string of the molecule is CCC(N)CCCSc1nc2ccc(OC)cc2[nH]1. The van der Waals surface area contributed by atoms with E-state index in [0.717, 1.165) is 47.0 Å². The number of nitrogens with one attached hydrogen (secondary N) is 1. The topological polar surface area (TPSA) is 63.9 Å². The number of thioether (sulfide) groups is 1. The van der Waals surface area contributed by atoms with Crippen molar-refractivity contribution in [2.45, 2.75) is 37.4 Å². The number of rotatable bonds is 7. The van der Waals surface area contributed by atoms with Gasteiger partial charge in [0.25, 0.3) is 0 Å². The molecule has 0 amide bonds. The first-order valence-electron chi connectivity index (χ1n) is 6.65. The Bertz CT molecular complexity index is 526. The van der Waals surface area contributed by atoms with Crippen LogP contribution in [0.25, 0.3) is 11.0 Å². The number of aromatic amines is 1. The van der Waals surface area contributed by atoms with E-state index in [2.05, 4.69) is 16.9 Å². The standard InChI is InChI=1S/C14H21N3OS/c1-3-10(15)5-4-8-19-14-16-12-7-6-11(18-2)9-13(12)17-14/h6-7,9-10H,3-5,8,15H2,1-2H3,(H,16,17). The molecule has 3 N–H and O–H groups in total. The summed E-state index contributed by atoms with van der Waals surface area (Å²) in [4.78, 5) is 7.86. The fourth-order valence-corrected chi connectivity index (χ4v) is 2.73. The van der Waals surface area contributed by atoms with Crippen molar-refractivity contribution in [3.8, 4) is 5.75 Å². The Morgan fingerprint density at radius 3 is 3.05 bits per heavy atom. The van der Waals surface area contributed by atoms with Crippen LogP contribution in [0.5, 0.6) is 5.75 Å². The van der Waals surface area contributed by atoms with Crippen molar-refractivity contribution in [2.75, 3.05) is 12.9 Å². The highest BCUT2D eigenvalue weighted by molar-refractivity contribution is 7.99. The Kier molecular flexibility index (Phi) is 5.10. The number of fused-ring (bicyclic) bond motifs is 1. The lowest BCUT2D eigenvalue weighted by Gasteiger charge is -2.06. The van der Waals surface area contributed by atoms with Gasteiger partial charge < -0.3 is 15.5 Å². The average Bonchev–Trinajstić information content (AvgIpc) is 2.84. The van der Waals surface area contributed by atoms with Gasteiger partial charge >= 0.3 is 0 Å². The molecule has 1 aromatic carbocycles. The lowest BCUT2D eigenvalue weighted by Crippen LogP contribution is -2.18. The fourth-order valence-electron chi connectivity index (χ4n) is 1.88. The first-order valence-corrected chi connectivity index (χ1v) is 7.63. The predicted octanol–water partition coefficient (Wildman–Crippen LogP) is 3.18. The second-order valence-corrected chi connectivity index (χ2v) is 5.67. The van der Waals surface area contributed by atoms with Gasteiger partial charge in [0.1, 0.15) is 5.75 Å². The normalized spacial score (nSPS) is 12.8. The molecule has 0 fully saturated rings. The van der Waals surface area contributed by atoms with E-state index in [0.29, 0.717) is 6.04 Å². The van der Waals surface area contributed by atoms with Crippen molar-refractivity contribution >= 4 is 22.8 Å². The quantitative estimate of drug-likeness (QED) is 0.603. The van der Waals surface area contributed by atoms with E-state index in [1.165, 1.54) is 0 Å². The van der Waals surface area contributed by atoms with E-state index < -0.39 is 0 Å². The molecule has 0 bridgehead atoms. The third kappa shape index (κ3) is 3.88. The molecule has 0 saturated carbocycles. The molecule has 1 aromatic heterocycles. The number of methoxy groups -OCH3 is 1. The molecule has 0 aliphatic rings. The molecule has 0 aliphatic heterocycles. The fraction of sp³-hybridized carbons (Fsp3) is 0.500. The molecule has 2 aromatic rings. The molecular formula is C14H21N3OS. The van der Waals surface area contributed by atoms with Gasteiger partial charge in [-0.15, -0.1) is 0 Å². The minimum Gasteiger partial charge on any atom is -0.497 e. The molecular weight excluding hydrogens is 258 g/mol. The average molecular weight is 279 g/mol. The first-order chi connectivity index (χ1) is 9.22. The van der Waals surface area contributed by atoms with Gasteiger partial charge in [-0.1, -0.05) is 18.7 Å². The molecule has 0 saturated heterocycles. The number of ether oxygens (including phenoxy) is 1. The molecule has 19 heavy (non-hydrogen) atoms. The number of hydrogen-bond donors (Lipinski definition) is 2. The van der Waals surface area contributed by atoms with Gasteiger partial charge in [-0.05, 0) is 31.4 Å². The molecule has 1 heterocycles. The van der Waals surface area contributed by atoms with Gasteiger partial charge in [-0.3, -0.25) is 0 Å². The zero-order valence-corrected chi connectivity index (χ0v) is 12.3. The maximum atomic E-state index is 5.90. The van der Waals surface area contributed by atoms with E-state index in [-0.39, 0.29) is 0 Å². The second-order valence-electron chi connectivity index (χ2n) is 4.58. The molecule has 1 atom stereocenters. The summed E-state index contributed by atoms with van der Waals surface area (Å²) in [6.07, 6.45) is 3.26. The van der Waals surface area contributed by atoms with Gasteiger partial charge in [0, 0.05) is 17.9 Å². The van der Waals surface area contributed by atoms with Gasteiger partial charge in [-0.2, -0.15) is 0 Å². The number of hydrogen-bond acceptors (Lipinski definition) is 4. The van der Waals surface area contributed by atoms with Crippen LogP contribution in [-0.4, -0.2) is 28.9 Å². The van der Waals surface area contributed by atoms with Gasteiger partial charge in [-0.25, -0.2) is 4.98 Å². The Morgan fingerprint density at radius 2 is 2.32 bits per heavy atom. The van der Waals surface area contributed by atoms with Crippen molar-refractivity contribution < 1.29 is 4.74 Å². The van der Waals surface area contributed by atoms with Crippen LogP contribution in [0.3, 0.4) is 0 Å². The summed E-state index contributed by atoms with van der Waals surface area (Å²) in [6, 6.07) is 6.21. The van der Waals surface area contributed by atoms with E-state index in [1.54, 1.807) is 18.9 Å². The summed E-state index contributed by atoms with van der Waals surface area (Å²) >= 11 is 1.75. The van der Waals surface area contributed by atoms with Gasteiger partial charge in [0.05, 0.1) is 18.1 Å².